The van der Waals surface area contributed by atoms with Crippen molar-refractivity contribution >= 4 is 0 Å². The Kier molecular flexibility index (Phi) is 4.66. The first-order valence-corrected chi connectivity index (χ1v) is 5.12. The van der Waals surface area contributed by atoms with Gasteiger partial charge in [-0.05, 0) is 17.7 Å². The summed E-state index contributed by atoms with van der Waals surface area (Å²) in [6, 6.07) is 5.03. The van der Waals surface area contributed by atoms with Crippen molar-refractivity contribution in [1.82, 2.24) is 5.32 Å². The lowest BCUT2D eigenvalue weighted by atomic mass is 10.0. The molecule has 1 rings (SSSR count). The molecule has 0 spiro atoms. The fourth-order valence-electron chi connectivity index (χ4n) is 1.36. The van der Waals surface area contributed by atoms with Crippen molar-refractivity contribution in [2.45, 2.75) is 18.3 Å². The molecule has 7 heteroatoms. The molecule has 0 fully saturated rings. The summed E-state index contributed by atoms with van der Waals surface area (Å²) in [6.45, 7) is -2.93. The Balaban J connectivity index is 2.81. The Morgan fingerprint density at radius 3 is 2.17 bits per heavy atom. The van der Waals surface area contributed by atoms with Crippen LogP contribution in [-0.2, 0) is 6.54 Å². The predicted octanol–water partition coefficient (Wildman–Crippen LogP) is 1.20. The topological polar surface area (TPSA) is 52.5 Å². The largest absolute Gasteiger partial charge is 0.411 e. The number of alkyl halides is 3. The van der Waals surface area contributed by atoms with E-state index >= 15 is 0 Å². The number of aliphatic hydroxyl groups excluding tert-OH is 2. The number of nitrogens with one attached hydrogen (secondary N) is 1. The molecule has 1 aromatic carbocycles. The molecular weight excluding hydrogens is 254 g/mol. The standard InChI is InChI=1S/C11H13F4NO2/c12-9-3-1-2-8(4-9)5-16-10(6-17,7-18)11(13,14)15/h1-4,16-18H,5-7H2. The maximum Gasteiger partial charge on any atom is 0.411 e. The van der Waals surface area contributed by atoms with Gasteiger partial charge in [-0.15, -0.1) is 0 Å². The second kappa shape index (κ2) is 5.64. The van der Waals surface area contributed by atoms with E-state index in [4.69, 9.17) is 10.2 Å². The number of aliphatic hydroxyl groups is 2. The molecule has 0 bridgehead atoms. The van der Waals surface area contributed by atoms with Gasteiger partial charge in [-0.2, -0.15) is 13.2 Å². The third-order valence-electron chi connectivity index (χ3n) is 2.60. The van der Waals surface area contributed by atoms with Crippen LogP contribution in [0.2, 0.25) is 0 Å². The third-order valence-corrected chi connectivity index (χ3v) is 2.60. The molecule has 0 unspecified atom stereocenters. The van der Waals surface area contributed by atoms with Gasteiger partial charge < -0.3 is 10.2 Å². The molecular formula is C11H13F4NO2. The molecule has 0 saturated carbocycles. The van der Waals surface area contributed by atoms with Crippen molar-refractivity contribution in [1.29, 1.82) is 0 Å². The summed E-state index contributed by atoms with van der Waals surface area (Å²) < 4.78 is 50.9. The van der Waals surface area contributed by atoms with Gasteiger partial charge in [0.15, 0.2) is 5.54 Å². The van der Waals surface area contributed by atoms with Crippen molar-refractivity contribution < 1.29 is 27.8 Å². The van der Waals surface area contributed by atoms with Crippen LogP contribution in [0.1, 0.15) is 5.56 Å². The average molecular weight is 267 g/mol. The van der Waals surface area contributed by atoms with Crippen molar-refractivity contribution in [3.05, 3.63) is 35.6 Å². The molecule has 102 valence electrons. The zero-order valence-corrected chi connectivity index (χ0v) is 9.34. The smallest absolute Gasteiger partial charge is 0.394 e. The van der Waals surface area contributed by atoms with Gasteiger partial charge in [-0.25, -0.2) is 4.39 Å². The van der Waals surface area contributed by atoms with Crippen molar-refractivity contribution in [3.63, 3.8) is 0 Å². The van der Waals surface area contributed by atoms with Crippen LogP contribution in [0.4, 0.5) is 17.6 Å². The van der Waals surface area contributed by atoms with Crippen molar-refractivity contribution in [2.24, 2.45) is 0 Å². The van der Waals surface area contributed by atoms with E-state index in [1.807, 2.05) is 5.32 Å². The summed E-state index contributed by atoms with van der Waals surface area (Å²) in [5.41, 5.74) is -2.51. The molecule has 3 nitrogen and oxygen atoms in total. The first kappa shape index (κ1) is 14.9. The summed E-state index contributed by atoms with van der Waals surface area (Å²) in [7, 11) is 0. The minimum atomic E-state index is -4.82. The van der Waals surface area contributed by atoms with E-state index in [0.29, 0.717) is 0 Å². The Morgan fingerprint density at radius 2 is 1.72 bits per heavy atom. The van der Waals surface area contributed by atoms with Gasteiger partial charge in [-0.3, -0.25) is 5.32 Å². The summed E-state index contributed by atoms with van der Waals surface area (Å²) in [5.74, 6) is -0.570. The highest BCUT2D eigenvalue weighted by atomic mass is 19.4. The third kappa shape index (κ3) is 3.18. The summed E-state index contributed by atoms with van der Waals surface area (Å²) in [6.07, 6.45) is -4.82. The SMILES string of the molecule is OCC(CO)(NCc1cccc(F)c1)C(F)(F)F. The molecule has 3 N–H and O–H groups in total. The fraction of sp³-hybridized carbons (Fsp3) is 0.455. The lowest BCUT2D eigenvalue weighted by Gasteiger charge is -2.33. The van der Waals surface area contributed by atoms with Crippen LogP contribution >= 0.6 is 0 Å². The monoisotopic (exact) mass is 267 g/mol. The predicted molar refractivity (Wildman–Crippen MR) is 56.2 cm³/mol. The Bertz CT molecular complexity index is 391. The number of rotatable bonds is 5. The zero-order valence-electron chi connectivity index (χ0n) is 9.34. The van der Waals surface area contributed by atoms with Gasteiger partial charge in [0, 0.05) is 6.54 Å². The lowest BCUT2D eigenvalue weighted by molar-refractivity contribution is -0.217. The minimum Gasteiger partial charge on any atom is -0.394 e. The molecule has 0 radical (unpaired) electrons. The zero-order chi connectivity index (χ0) is 13.8. The first-order chi connectivity index (χ1) is 8.34. The summed E-state index contributed by atoms with van der Waals surface area (Å²) >= 11 is 0. The molecule has 0 aliphatic carbocycles. The summed E-state index contributed by atoms with van der Waals surface area (Å²) in [4.78, 5) is 0. The van der Waals surface area contributed by atoms with Gasteiger partial charge in [0.25, 0.3) is 0 Å². The Hall–Kier alpha value is -1.18. The second-order valence-corrected chi connectivity index (χ2v) is 3.88. The number of hydrogen-bond acceptors (Lipinski definition) is 3. The van der Waals surface area contributed by atoms with E-state index in [1.165, 1.54) is 18.2 Å². The van der Waals surface area contributed by atoms with Gasteiger partial charge in [0.05, 0.1) is 13.2 Å². The molecule has 18 heavy (non-hydrogen) atoms. The molecule has 0 aliphatic heterocycles. The van der Waals surface area contributed by atoms with Crippen LogP contribution in [-0.4, -0.2) is 35.1 Å². The van der Waals surface area contributed by atoms with Crippen LogP contribution in [0.3, 0.4) is 0 Å². The Labute approximate surface area is 101 Å². The second-order valence-electron chi connectivity index (χ2n) is 3.88. The van der Waals surface area contributed by atoms with Crippen LogP contribution in [0, 0.1) is 5.82 Å². The van der Waals surface area contributed by atoms with Crippen LogP contribution in [0.15, 0.2) is 24.3 Å². The van der Waals surface area contributed by atoms with Crippen LogP contribution in [0.5, 0.6) is 0 Å². The first-order valence-electron chi connectivity index (χ1n) is 5.12. The lowest BCUT2D eigenvalue weighted by Crippen LogP contribution is -2.61. The highest BCUT2D eigenvalue weighted by Gasteiger charge is 2.54. The molecule has 0 aromatic heterocycles. The number of hydrogen-bond donors (Lipinski definition) is 3. The van der Waals surface area contributed by atoms with E-state index in [-0.39, 0.29) is 12.1 Å². The fourth-order valence-corrected chi connectivity index (χ4v) is 1.36. The normalized spacial score (nSPS) is 12.8. The maximum atomic E-state index is 12.8. The van der Waals surface area contributed by atoms with Gasteiger partial charge in [0.1, 0.15) is 5.82 Å². The quantitative estimate of drug-likeness (QED) is 0.703. The van der Waals surface area contributed by atoms with E-state index < -0.39 is 30.7 Å². The van der Waals surface area contributed by atoms with Crippen molar-refractivity contribution in [3.8, 4) is 0 Å². The molecule has 0 saturated heterocycles. The highest BCUT2D eigenvalue weighted by Crippen LogP contribution is 2.30. The van der Waals surface area contributed by atoms with E-state index in [2.05, 4.69) is 0 Å². The molecule has 0 amide bonds. The van der Waals surface area contributed by atoms with Gasteiger partial charge in [-0.1, -0.05) is 12.1 Å². The average Bonchev–Trinajstić information content (AvgIpc) is 2.29. The molecule has 0 atom stereocenters. The van der Waals surface area contributed by atoms with E-state index in [0.717, 1.165) is 6.07 Å². The van der Waals surface area contributed by atoms with E-state index in [1.54, 1.807) is 0 Å². The molecule has 0 heterocycles. The minimum absolute atomic E-state index is 0.283. The van der Waals surface area contributed by atoms with Crippen molar-refractivity contribution in [2.75, 3.05) is 13.2 Å². The molecule has 0 aliphatic rings. The molecule has 1 aromatic rings. The number of halogens is 4. The van der Waals surface area contributed by atoms with E-state index in [9.17, 15) is 17.6 Å². The summed E-state index contributed by atoms with van der Waals surface area (Å²) in [5, 5.41) is 19.7. The van der Waals surface area contributed by atoms with Gasteiger partial charge >= 0.3 is 6.18 Å². The Morgan fingerprint density at radius 1 is 1.11 bits per heavy atom. The van der Waals surface area contributed by atoms with Crippen LogP contribution in [0.25, 0.3) is 0 Å². The number of benzene rings is 1. The maximum absolute atomic E-state index is 12.8. The highest BCUT2D eigenvalue weighted by molar-refractivity contribution is 5.16. The van der Waals surface area contributed by atoms with Crippen LogP contribution < -0.4 is 5.32 Å². The van der Waals surface area contributed by atoms with Gasteiger partial charge in [0.2, 0.25) is 0 Å².